The molecule has 2 aromatic rings. The predicted octanol–water partition coefficient (Wildman–Crippen LogP) is 3.40. The SMILES string of the molecule is Cc1nc(Cl)c(Cl)c2c1c(=O)c(OC(=O)O)cn2C1CC1. The largest absolute Gasteiger partial charge is 0.511 e. The smallest absolute Gasteiger partial charge is 0.449 e. The number of aryl methyl sites for hydroxylation is 1. The molecule has 2 aromatic heterocycles. The minimum Gasteiger partial charge on any atom is -0.449 e. The van der Waals surface area contributed by atoms with E-state index < -0.39 is 11.6 Å². The number of nitrogens with zero attached hydrogens (tertiary/aromatic N) is 2. The quantitative estimate of drug-likeness (QED) is 0.674. The molecule has 1 fully saturated rings. The number of hydrogen-bond acceptors (Lipinski definition) is 4. The van der Waals surface area contributed by atoms with E-state index in [1.807, 2.05) is 0 Å². The van der Waals surface area contributed by atoms with Crippen molar-refractivity contribution in [3.8, 4) is 5.75 Å². The fourth-order valence-electron chi connectivity index (χ4n) is 2.33. The highest BCUT2D eigenvalue weighted by Gasteiger charge is 2.28. The zero-order chi connectivity index (χ0) is 15.3. The highest BCUT2D eigenvalue weighted by atomic mass is 35.5. The first-order chi connectivity index (χ1) is 9.90. The number of aromatic nitrogens is 2. The molecule has 0 aliphatic heterocycles. The standard InChI is InChI=1S/C13H10Cl2N2O4/c1-5-8-10(9(14)12(15)16-5)17(6-2-3-6)4-7(11(8)18)21-13(19)20/h4,6H,2-3H2,1H3,(H,19,20). The minimum atomic E-state index is -1.54. The zero-order valence-corrected chi connectivity index (χ0v) is 12.4. The first-order valence-electron chi connectivity index (χ1n) is 6.21. The average Bonchev–Trinajstić information content (AvgIpc) is 3.21. The maximum absolute atomic E-state index is 12.4. The van der Waals surface area contributed by atoms with Crippen molar-refractivity contribution in [3.05, 3.63) is 32.3 Å². The second kappa shape index (κ2) is 4.89. The van der Waals surface area contributed by atoms with E-state index in [-0.39, 0.29) is 27.4 Å². The van der Waals surface area contributed by atoms with Crippen molar-refractivity contribution in [1.29, 1.82) is 0 Å². The Morgan fingerprint density at radius 3 is 2.71 bits per heavy atom. The van der Waals surface area contributed by atoms with Crippen molar-refractivity contribution in [2.45, 2.75) is 25.8 Å². The van der Waals surface area contributed by atoms with Crippen LogP contribution in [-0.2, 0) is 0 Å². The van der Waals surface area contributed by atoms with E-state index in [0.717, 1.165) is 12.8 Å². The van der Waals surface area contributed by atoms with Crippen LogP contribution in [0.4, 0.5) is 4.79 Å². The molecule has 3 rings (SSSR count). The van der Waals surface area contributed by atoms with Crippen LogP contribution in [-0.4, -0.2) is 20.8 Å². The molecule has 0 radical (unpaired) electrons. The fourth-order valence-corrected chi connectivity index (χ4v) is 2.78. The molecule has 0 bridgehead atoms. The molecule has 1 N–H and O–H groups in total. The van der Waals surface area contributed by atoms with Crippen molar-refractivity contribution < 1.29 is 14.6 Å². The molecule has 1 aliphatic rings. The summed E-state index contributed by atoms with van der Waals surface area (Å²) >= 11 is 12.2. The van der Waals surface area contributed by atoms with Gasteiger partial charge < -0.3 is 14.4 Å². The van der Waals surface area contributed by atoms with Gasteiger partial charge in [-0.15, -0.1) is 0 Å². The van der Waals surface area contributed by atoms with Gasteiger partial charge in [-0.2, -0.15) is 0 Å². The Hall–Kier alpha value is -1.79. The van der Waals surface area contributed by atoms with E-state index >= 15 is 0 Å². The van der Waals surface area contributed by atoms with Gasteiger partial charge in [-0.3, -0.25) is 4.79 Å². The lowest BCUT2D eigenvalue weighted by atomic mass is 10.2. The number of ether oxygens (including phenoxy) is 1. The Kier molecular flexibility index (Phi) is 3.30. The summed E-state index contributed by atoms with van der Waals surface area (Å²) < 4.78 is 6.32. The number of pyridine rings is 2. The van der Waals surface area contributed by atoms with Gasteiger partial charge in [0, 0.05) is 6.04 Å². The summed E-state index contributed by atoms with van der Waals surface area (Å²) in [7, 11) is 0. The van der Waals surface area contributed by atoms with Crippen molar-refractivity contribution >= 4 is 40.3 Å². The topological polar surface area (TPSA) is 81.4 Å². The van der Waals surface area contributed by atoms with E-state index in [1.54, 1.807) is 11.5 Å². The third-order valence-electron chi connectivity index (χ3n) is 3.36. The molecule has 110 valence electrons. The van der Waals surface area contributed by atoms with Crippen molar-refractivity contribution in [2.75, 3.05) is 0 Å². The maximum atomic E-state index is 12.4. The number of fused-ring (bicyclic) bond motifs is 1. The lowest BCUT2D eigenvalue weighted by molar-refractivity contribution is 0.143. The van der Waals surface area contributed by atoms with Crippen LogP contribution in [0.25, 0.3) is 10.9 Å². The van der Waals surface area contributed by atoms with Gasteiger partial charge in [0.2, 0.25) is 5.43 Å². The molecular formula is C13H10Cl2N2O4. The molecule has 0 spiro atoms. The molecule has 1 aliphatic carbocycles. The Balaban J connectivity index is 2.43. The van der Waals surface area contributed by atoms with Gasteiger partial charge in [0.25, 0.3) is 0 Å². The molecule has 0 amide bonds. The Morgan fingerprint density at radius 1 is 1.48 bits per heavy atom. The monoisotopic (exact) mass is 328 g/mol. The Morgan fingerprint density at radius 2 is 2.14 bits per heavy atom. The number of halogens is 2. The van der Waals surface area contributed by atoms with E-state index in [4.69, 9.17) is 28.3 Å². The van der Waals surface area contributed by atoms with Gasteiger partial charge in [-0.05, 0) is 19.8 Å². The molecule has 1 saturated carbocycles. The number of hydrogen-bond donors (Lipinski definition) is 1. The summed E-state index contributed by atoms with van der Waals surface area (Å²) in [5.41, 5.74) is 0.293. The van der Waals surface area contributed by atoms with E-state index in [0.29, 0.717) is 11.2 Å². The van der Waals surface area contributed by atoms with E-state index in [9.17, 15) is 9.59 Å². The highest BCUT2D eigenvalue weighted by molar-refractivity contribution is 6.44. The van der Waals surface area contributed by atoms with Crippen LogP contribution in [0.15, 0.2) is 11.0 Å². The third kappa shape index (κ3) is 2.34. The molecule has 0 aromatic carbocycles. The lowest BCUT2D eigenvalue weighted by Gasteiger charge is -2.15. The van der Waals surface area contributed by atoms with Gasteiger partial charge in [0.15, 0.2) is 5.75 Å². The van der Waals surface area contributed by atoms with Crippen molar-refractivity contribution in [2.24, 2.45) is 0 Å². The number of carboxylic acid groups (broad SMARTS) is 1. The van der Waals surface area contributed by atoms with Crippen LogP contribution < -0.4 is 10.2 Å². The minimum absolute atomic E-state index is 0.113. The molecule has 21 heavy (non-hydrogen) atoms. The molecule has 0 atom stereocenters. The number of rotatable bonds is 2. The second-order valence-electron chi connectivity index (χ2n) is 4.85. The summed E-state index contributed by atoms with van der Waals surface area (Å²) in [5.74, 6) is -0.259. The van der Waals surface area contributed by atoms with Crippen LogP contribution in [0, 0.1) is 6.92 Å². The summed E-state index contributed by atoms with van der Waals surface area (Å²) in [6.07, 6.45) is 1.66. The molecular weight excluding hydrogens is 319 g/mol. The molecule has 2 heterocycles. The van der Waals surface area contributed by atoms with Crippen LogP contribution >= 0.6 is 23.2 Å². The first-order valence-corrected chi connectivity index (χ1v) is 6.97. The average molecular weight is 329 g/mol. The first kappa shape index (κ1) is 14.2. The van der Waals surface area contributed by atoms with Crippen LogP contribution in [0.3, 0.4) is 0 Å². The maximum Gasteiger partial charge on any atom is 0.511 e. The van der Waals surface area contributed by atoms with Crippen LogP contribution in [0.1, 0.15) is 24.6 Å². The van der Waals surface area contributed by atoms with Crippen molar-refractivity contribution in [3.63, 3.8) is 0 Å². The van der Waals surface area contributed by atoms with E-state index in [2.05, 4.69) is 9.72 Å². The predicted molar refractivity (Wildman–Crippen MR) is 77.7 cm³/mol. The van der Waals surface area contributed by atoms with Gasteiger partial charge in [-0.25, -0.2) is 9.78 Å². The van der Waals surface area contributed by atoms with Gasteiger partial charge in [0.1, 0.15) is 10.2 Å². The molecule has 0 unspecified atom stereocenters. The molecule has 0 saturated heterocycles. The second-order valence-corrected chi connectivity index (χ2v) is 5.59. The van der Waals surface area contributed by atoms with Gasteiger partial charge >= 0.3 is 6.16 Å². The lowest BCUT2D eigenvalue weighted by Crippen LogP contribution is -2.17. The van der Waals surface area contributed by atoms with Crippen LogP contribution in [0.5, 0.6) is 5.75 Å². The summed E-state index contributed by atoms with van der Waals surface area (Å²) in [5, 5.41) is 9.27. The highest BCUT2D eigenvalue weighted by Crippen LogP contribution is 2.40. The summed E-state index contributed by atoms with van der Waals surface area (Å²) in [6, 6.07) is 0.152. The fraction of sp³-hybridized carbons (Fsp3) is 0.308. The van der Waals surface area contributed by atoms with Gasteiger partial charge in [-0.1, -0.05) is 23.2 Å². The summed E-state index contributed by atoms with van der Waals surface area (Å²) in [4.78, 5) is 27.1. The van der Waals surface area contributed by atoms with E-state index in [1.165, 1.54) is 6.20 Å². The zero-order valence-electron chi connectivity index (χ0n) is 10.9. The number of carbonyl (C=O) groups is 1. The third-order valence-corrected chi connectivity index (χ3v) is 4.08. The van der Waals surface area contributed by atoms with Crippen LogP contribution in [0.2, 0.25) is 10.2 Å². The normalized spacial score (nSPS) is 14.4. The molecule has 6 nitrogen and oxygen atoms in total. The Bertz CT molecular complexity index is 827. The van der Waals surface area contributed by atoms with Gasteiger partial charge in [0.05, 0.1) is 22.8 Å². The molecule has 8 heteroatoms. The van der Waals surface area contributed by atoms with Crippen molar-refractivity contribution in [1.82, 2.24) is 9.55 Å². The summed E-state index contributed by atoms with van der Waals surface area (Å²) in [6.45, 7) is 1.62. The Labute approximate surface area is 128 Å².